The van der Waals surface area contributed by atoms with Gasteiger partial charge >= 0.3 is 0 Å². The first-order chi connectivity index (χ1) is 22.8. The van der Waals surface area contributed by atoms with Crippen molar-refractivity contribution in [3.05, 3.63) is 95.0 Å². The zero-order valence-electron chi connectivity index (χ0n) is 27.2. The second-order valence-electron chi connectivity index (χ2n) is 12.9. The average Bonchev–Trinajstić information content (AvgIpc) is 3.11. The number of amides is 3. The molecule has 0 radical (unpaired) electrons. The number of pyridine rings is 1. The van der Waals surface area contributed by atoms with Crippen LogP contribution in [0.25, 0.3) is 0 Å². The molecule has 1 saturated carbocycles. The van der Waals surface area contributed by atoms with Gasteiger partial charge in [-0.1, -0.05) is 31.4 Å². The molecule has 0 bridgehead atoms. The summed E-state index contributed by atoms with van der Waals surface area (Å²) in [5, 5.41) is 29.5. The predicted octanol–water partition coefficient (Wildman–Crippen LogP) is 3.70. The second kappa shape index (κ2) is 15.4. The van der Waals surface area contributed by atoms with Gasteiger partial charge in [-0.15, -0.1) is 12.4 Å². The number of nitrogens with one attached hydrogen (secondary N) is 2. The van der Waals surface area contributed by atoms with Crippen LogP contribution in [0.1, 0.15) is 66.6 Å². The summed E-state index contributed by atoms with van der Waals surface area (Å²) in [5.41, 5.74) is 0.914. The fourth-order valence-electron chi connectivity index (χ4n) is 7.25. The third-order valence-corrected chi connectivity index (χ3v) is 10.0. The van der Waals surface area contributed by atoms with Crippen molar-refractivity contribution in [3.8, 4) is 11.5 Å². The van der Waals surface area contributed by atoms with Crippen molar-refractivity contribution in [1.82, 2.24) is 20.4 Å². The molecular formula is C36H44ClN5O6. The Morgan fingerprint density at radius 3 is 2.27 bits per heavy atom. The van der Waals surface area contributed by atoms with Crippen molar-refractivity contribution in [2.24, 2.45) is 5.92 Å². The molecule has 0 unspecified atom stereocenters. The number of piperazine rings is 1. The van der Waals surface area contributed by atoms with Gasteiger partial charge in [-0.2, -0.15) is 4.73 Å². The summed E-state index contributed by atoms with van der Waals surface area (Å²) < 4.78 is 6.69. The van der Waals surface area contributed by atoms with Crippen molar-refractivity contribution in [1.29, 1.82) is 0 Å². The monoisotopic (exact) mass is 677 g/mol. The predicted molar refractivity (Wildman–Crippen MR) is 181 cm³/mol. The van der Waals surface area contributed by atoms with E-state index in [9.17, 15) is 24.7 Å². The highest BCUT2D eigenvalue weighted by Crippen LogP contribution is 2.37. The molecule has 2 aliphatic heterocycles. The number of carbonyl (C=O) groups is 3. The van der Waals surface area contributed by atoms with E-state index in [0.717, 1.165) is 42.4 Å². The number of aliphatic hydroxyl groups excluding tert-OH is 1. The van der Waals surface area contributed by atoms with Crippen molar-refractivity contribution in [3.63, 3.8) is 0 Å². The molecule has 3 fully saturated rings. The molecule has 1 aromatic heterocycles. The number of aliphatic hydroxyl groups is 1. The molecule has 3 N–H and O–H groups in total. The molecule has 3 heterocycles. The van der Waals surface area contributed by atoms with Crippen LogP contribution >= 0.6 is 12.4 Å². The Balaban J connectivity index is 0.00000451. The minimum Gasteiger partial charge on any atom is -0.618 e. The van der Waals surface area contributed by atoms with Crippen LogP contribution in [0.3, 0.4) is 0 Å². The van der Waals surface area contributed by atoms with E-state index in [1.165, 1.54) is 6.20 Å². The zero-order valence-corrected chi connectivity index (χ0v) is 28.0. The third kappa shape index (κ3) is 7.43. The fourth-order valence-corrected chi connectivity index (χ4v) is 7.25. The van der Waals surface area contributed by atoms with Crippen LogP contribution in [0.2, 0.25) is 0 Å². The maximum Gasteiger partial charge on any atom is 0.251 e. The van der Waals surface area contributed by atoms with Crippen LogP contribution in [0.5, 0.6) is 11.5 Å². The van der Waals surface area contributed by atoms with E-state index >= 15 is 0 Å². The third-order valence-electron chi connectivity index (χ3n) is 10.0. The molecule has 1 spiro atoms. The number of nitrogens with zero attached hydrogens (tertiary/aromatic N) is 3. The first kappa shape index (κ1) is 35.1. The lowest BCUT2D eigenvalue weighted by atomic mass is 9.78. The molecular weight excluding hydrogens is 634 g/mol. The maximum absolute atomic E-state index is 14.1. The minimum absolute atomic E-state index is 0. The van der Waals surface area contributed by atoms with Crippen LogP contribution in [-0.4, -0.2) is 70.4 Å². The summed E-state index contributed by atoms with van der Waals surface area (Å²) in [4.78, 5) is 43.7. The van der Waals surface area contributed by atoms with E-state index < -0.39 is 17.7 Å². The van der Waals surface area contributed by atoms with E-state index in [1.54, 1.807) is 54.4 Å². The highest BCUT2D eigenvalue weighted by atomic mass is 35.5. The number of rotatable bonds is 9. The minimum atomic E-state index is -1.11. The summed E-state index contributed by atoms with van der Waals surface area (Å²) >= 11 is 0. The van der Waals surface area contributed by atoms with Crippen molar-refractivity contribution in [2.45, 2.75) is 75.7 Å². The van der Waals surface area contributed by atoms with Crippen LogP contribution in [0.4, 0.5) is 0 Å². The molecule has 256 valence electrons. The average molecular weight is 678 g/mol. The number of piperidine rings is 1. The van der Waals surface area contributed by atoms with E-state index in [1.807, 2.05) is 24.3 Å². The number of hydrogen-bond donors (Lipinski definition) is 3. The van der Waals surface area contributed by atoms with Gasteiger partial charge in [0.2, 0.25) is 17.5 Å². The van der Waals surface area contributed by atoms with Gasteiger partial charge in [0.25, 0.3) is 5.91 Å². The normalized spacial score (nSPS) is 20.5. The Hall–Kier alpha value is -4.19. The van der Waals surface area contributed by atoms with Gasteiger partial charge in [0.1, 0.15) is 29.6 Å². The first-order valence-electron chi connectivity index (χ1n) is 16.6. The van der Waals surface area contributed by atoms with Gasteiger partial charge < -0.3 is 30.6 Å². The molecule has 12 heteroatoms. The number of hydrogen-bond acceptors (Lipinski definition) is 7. The lowest BCUT2D eigenvalue weighted by molar-refractivity contribution is -0.615. The molecule has 1 aliphatic carbocycles. The maximum atomic E-state index is 14.1. The van der Waals surface area contributed by atoms with Crippen LogP contribution in [0, 0.1) is 11.1 Å². The molecule has 3 aromatic rings. The van der Waals surface area contributed by atoms with Gasteiger partial charge in [0.05, 0.1) is 6.10 Å². The van der Waals surface area contributed by atoms with Crippen molar-refractivity contribution < 1.29 is 29.0 Å². The molecule has 48 heavy (non-hydrogen) atoms. The smallest absolute Gasteiger partial charge is 0.251 e. The molecule has 2 aromatic carbocycles. The number of likely N-dealkylation sites (tertiary alicyclic amines) is 1. The summed E-state index contributed by atoms with van der Waals surface area (Å²) in [7, 11) is 1.59. The number of ether oxygens (including phenoxy) is 1. The molecule has 3 amide bonds. The molecule has 2 saturated heterocycles. The van der Waals surface area contributed by atoms with Gasteiger partial charge in [0.15, 0.2) is 6.20 Å². The van der Waals surface area contributed by atoms with Gasteiger partial charge in [-0.3, -0.25) is 19.3 Å². The lowest BCUT2D eigenvalue weighted by Gasteiger charge is -2.52. The Morgan fingerprint density at radius 2 is 1.65 bits per heavy atom. The largest absolute Gasteiger partial charge is 0.618 e. The number of aromatic nitrogens is 1. The van der Waals surface area contributed by atoms with Gasteiger partial charge in [-0.05, 0) is 79.6 Å². The van der Waals surface area contributed by atoms with Gasteiger partial charge in [0, 0.05) is 44.4 Å². The quantitative estimate of drug-likeness (QED) is 0.232. The highest BCUT2D eigenvalue weighted by molar-refractivity contribution is 6.00. The zero-order chi connectivity index (χ0) is 33.0. The van der Waals surface area contributed by atoms with E-state index in [-0.39, 0.29) is 42.6 Å². The first-order valence-corrected chi connectivity index (χ1v) is 16.6. The van der Waals surface area contributed by atoms with Crippen LogP contribution in [-0.2, 0) is 22.7 Å². The van der Waals surface area contributed by atoms with Crippen molar-refractivity contribution in [2.75, 3.05) is 20.1 Å². The molecule has 3 aliphatic rings. The number of benzene rings is 2. The Bertz CT molecular complexity index is 1570. The second-order valence-corrected chi connectivity index (χ2v) is 12.9. The van der Waals surface area contributed by atoms with E-state index in [0.29, 0.717) is 55.2 Å². The SMILES string of the molecule is CNC(=O)c1ccc(Oc2ccc(CN3CCC4(CC3)C(=O)N[C@H]([C@H](O)C3CCCCC3)C(=O)N4Cc3cccc[n+]3[O-])cc2)cc1.Cl. The standard InChI is InChI=1S/C36H43N5O6.ClH/c1-37-33(43)27-12-16-30(17-13-27)47-29-14-10-25(11-15-29)23-39-21-18-36(19-22-39)35(45)38-31(32(42)26-7-3-2-4-8-26)34(44)40(36)24-28-9-5-6-20-41(28)46;/h5-6,9-17,20,26,31-32,42H,2-4,7-8,18-19,21-24H2,1H3,(H,37,43)(H,38,45);1H/t31-,32-;/m1./s1. The van der Waals surface area contributed by atoms with Crippen molar-refractivity contribution >= 4 is 30.1 Å². The van der Waals surface area contributed by atoms with E-state index in [2.05, 4.69) is 15.5 Å². The van der Waals surface area contributed by atoms with Crippen LogP contribution < -0.4 is 20.1 Å². The summed E-state index contributed by atoms with van der Waals surface area (Å²) in [6, 6.07) is 18.8. The Kier molecular flexibility index (Phi) is 11.2. The Labute approximate surface area is 287 Å². The van der Waals surface area contributed by atoms with Crippen LogP contribution in [0.15, 0.2) is 72.9 Å². The fraction of sp³-hybridized carbons (Fsp3) is 0.444. The topological polar surface area (TPSA) is 138 Å². The lowest BCUT2D eigenvalue weighted by Crippen LogP contribution is -2.74. The summed E-state index contributed by atoms with van der Waals surface area (Å²) in [6.07, 6.45) is 6.05. The summed E-state index contributed by atoms with van der Waals surface area (Å²) in [5.74, 6) is 0.533. The highest BCUT2D eigenvalue weighted by Gasteiger charge is 2.56. The number of halogens is 1. The van der Waals surface area contributed by atoms with Gasteiger partial charge in [-0.25, -0.2) is 0 Å². The Morgan fingerprint density at radius 1 is 1.00 bits per heavy atom. The molecule has 11 nitrogen and oxygen atoms in total. The molecule has 2 atom stereocenters. The summed E-state index contributed by atoms with van der Waals surface area (Å²) in [6.45, 7) is 1.82. The molecule has 6 rings (SSSR count). The van der Waals surface area contributed by atoms with E-state index in [4.69, 9.17) is 4.74 Å². The number of carbonyl (C=O) groups excluding carboxylic acids is 3.